The molecule has 8 heteroatoms. The first-order valence-corrected chi connectivity index (χ1v) is 11.4. The van der Waals surface area contributed by atoms with Gasteiger partial charge in [-0.1, -0.05) is 0 Å². The number of fused-ring (bicyclic) bond motifs is 1. The summed E-state index contributed by atoms with van der Waals surface area (Å²) in [5, 5.41) is 14.1. The molecule has 0 aliphatic carbocycles. The molecule has 2 aromatic carbocycles. The van der Waals surface area contributed by atoms with Crippen molar-refractivity contribution >= 4 is 22.3 Å². The number of nitrogens with zero attached hydrogens (tertiary/aromatic N) is 3. The third-order valence-corrected chi connectivity index (χ3v) is 6.59. The number of methoxy groups -OCH3 is 1. The minimum Gasteiger partial charge on any atom is -0.507 e. The zero-order chi connectivity index (χ0) is 22.9. The number of hydrogen-bond acceptors (Lipinski definition) is 8. The van der Waals surface area contributed by atoms with Crippen molar-refractivity contribution in [2.24, 2.45) is 0 Å². The molecular formula is C25H30N4O4. The van der Waals surface area contributed by atoms with Gasteiger partial charge >= 0.3 is 0 Å². The second-order valence-corrected chi connectivity index (χ2v) is 8.70. The van der Waals surface area contributed by atoms with Gasteiger partial charge in [0, 0.05) is 75.7 Å². The van der Waals surface area contributed by atoms with Crippen LogP contribution < -0.4 is 25.3 Å². The maximum atomic E-state index is 13.1. The van der Waals surface area contributed by atoms with E-state index < -0.39 is 0 Å². The highest BCUT2D eigenvalue weighted by Gasteiger charge is 2.24. The maximum absolute atomic E-state index is 13.1. The number of aromatic hydroxyl groups is 1. The van der Waals surface area contributed by atoms with Gasteiger partial charge in [-0.3, -0.25) is 4.79 Å². The summed E-state index contributed by atoms with van der Waals surface area (Å²) < 4.78 is 11.9. The molecule has 0 bridgehead atoms. The van der Waals surface area contributed by atoms with E-state index in [4.69, 9.17) is 9.15 Å². The molecule has 174 valence electrons. The van der Waals surface area contributed by atoms with Gasteiger partial charge in [0.1, 0.15) is 28.3 Å². The molecule has 1 aromatic heterocycles. The van der Waals surface area contributed by atoms with E-state index in [0.717, 1.165) is 63.6 Å². The van der Waals surface area contributed by atoms with Crippen molar-refractivity contribution in [3.05, 3.63) is 46.6 Å². The van der Waals surface area contributed by atoms with Crippen LogP contribution in [-0.4, -0.2) is 76.5 Å². The summed E-state index contributed by atoms with van der Waals surface area (Å²) in [6, 6.07) is 11.1. The van der Waals surface area contributed by atoms with Crippen molar-refractivity contribution in [3.63, 3.8) is 0 Å². The number of nitrogens with one attached hydrogen (secondary N) is 1. The van der Waals surface area contributed by atoms with E-state index in [1.807, 2.05) is 12.1 Å². The fourth-order valence-corrected chi connectivity index (χ4v) is 4.67. The molecule has 2 fully saturated rings. The number of likely N-dealkylation sites (N-methyl/N-ethyl adjacent to an activating group) is 1. The molecule has 33 heavy (non-hydrogen) atoms. The van der Waals surface area contributed by atoms with E-state index in [1.54, 1.807) is 7.11 Å². The summed E-state index contributed by atoms with van der Waals surface area (Å²) in [6.07, 6.45) is 0. The molecule has 0 amide bonds. The van der Waals surface area contributed by atoms with E-state index in [0.29, 0.717) is 22.8 Å². The largest absolute Gasteiger partial charge is 0.507 e. The molecule has 0 unspecified atom stereocenters. The lowest BCUT2D eigenvalue weighted by Gasteiger charge is -2.34. The summed E-state index contributed by atoms with van der Waals surface area (Å²) in [5.74, 6) is 0.834. The summed E-state index contributed by atoms with van der Waals surface area (Å²) in [5.41, 5.74) is 2.78. The smallest absolute Gasteiger partial charge is 0.197 e. The second kappa shape index (κ2) is 8.96. The molecule has 2 N–H and O–H groups in total. The number of phenols is 1. The molecule has 2 aliphatic rings. The van der Waals surface area contributed by atoms with Crippen LogP contribution in [0.5, 0.6) is 11.5 Å². The minimum absolute atomic E-state index is 0.133. The number of rotatable bonds is 4. The van der Waals surface area contributed by atoms with Crippen LogP contribution in [0, 0.1) is 0 Å². The van der Waals surface area contributed by atoms with Crippen LogP contribution in [-0.2, 0) is 0 Å². The van der Waals surface area contributed by atoms with Gasteiger partial charge in [0.15, 0.2) is 11.0 Å². The highest BCUT2D eigenvalue weighted by molar-refractivity contribution is 5.97. The van der Waals surface area contributed by atoms with Gasteiger partial charge in [-0.2, -0.15) is 0 Å². The predicted molar refractivity (Wildman–Crippen MR) is 131 cm³/mol. The van der Waals surface area contributed by atoms with E-state index >= 15 is 0 Å². The predicted octanol–water partition coefficient (Wildman–Crippen LogP) is 2.34. The number of anilines is 2. The van der Waals surface area contributed by atoms with Crippen molar-refractivity contribution in [3.8, 4) is 22.8 Å². The van der Waals surface area contributed by atoms with Crippen LogP contribution >= 0.6 is 0 Å². The molecule has 5 rings (SSSR count). The van der Waals surface area contributed by atoms with Crippen molar-refractivity contribution in [1.82, 2.24) is 10.2 Å². The fraction of sp³-hybridized carbons (Fsp3) is 0.400. The molecule has 0 saturated carbocycles. The molecular weight excluding hydrogens is 420 g/mol. The van der Waals surface area contributed by atoms with Gasteiger partial charge in [-0.15, -0.1) is 0 Å². The normalized spacial score (nSPS) is 17.5. The van der Waals surface area contributed by atoms with E-state index in [1.165, 1.54) is 12.1 Å². The standard InChI is InChI=1S/C25H30N4O4/c1-27-11-13-28(14-12-27)18-5-3-17(4-6-18)21-15-19(30)23-20(31)16-22(32-2)24(25(23)33-21)29-9-7-26-8-10-29/h3-6,15-16,26,31H,7-14H2,1-2H3. The van der Waals surface area contributed by atoms with Crippen LogP contribution in [0.3, 0.4) is 0 Å². The van der Waals surface area contributed by atoms with Crippen LogP contribution in [0.1, 0.15) is 0 Å². The number of hydrogen-bond donors (Lipinski definition) is 2. The third-order valence-electron chi connectivity index (χ3n) is 6.59. The first-order chi connectivity index (χ1) is 16.0. The molecule has 0 spiro atoms. The lowest BCUT2D eigenvalue weighted by Crippen LogP contribution is -2.44. The third kappa shape index (κ3) is 4.12. The Morgan fingerprint density at radius 1 is 0.970 bits per heavy atom. The quantitative estimate of drug-likeness (QED) is 0.627. The molecule has 3 aromatic rings. The summed E-state index contributed by atoms with van der Waals surface area (Å²) in [4.78, 5) is 19.9. The molecule has 0 atom stereocenters. The maximum Gasteiger partial charge on any atom is 0.197 e. The Balaban J connectivity index is 1.57. The summed E-state index contributed by atoms with van der Waals surface area (Å²) in [7, 11) is 3.70. The number of ether oxygens (including phenoxy) is 1. The number of benzene rings is 2. The van der Waals surface area contributed by atoms with Crippen LogP contribution in [0.4, 0.5) is 11.4 Å². The summed E-state index contributed by atoms with van der Waals surface area (Å²) >= 11 is 0. The zero-order valence-electron chi connectivity index (χ0n) is 19.1. The summed E-state index contributed by atoms with van der Waals surface area (Å²) in [6.45, 7) is 7.23. The highest BCUT2D eigenvalue weighted by Crippen LogP contribution is 2.41. The van der Waals surface area contributed by atoms with Crippen LogP contribution in [0.15, 0.2) is 45.6 Å². The number of phenolic OH excluding ortho intramolecular Hbond substituents is 1. The zero-order valence-corrected chi connectivity index (χ0v) is 19.1. The number of piperazine rings is 2. The Hall–Kier alpha value is -3.23. The molecule has 3 heterocycles. The second-order valence-electron chi connectivity index (χ2n) is 8.70. The van der Waals surface area contributed by atoms with Crippen LogP contribution in [0.2, 0.25) is 0 Å². The van der Waals surface area contributed by atoms with E-state index in [-0.39, 0.29) is 16.6 Å². The lowest BCUT2D eigenvalue weighted by atomic mass is 10.1. The van der Waals surface area contributed by atoms with Gasteiger partial charge in [0.2, 0.25) is 0 Å². The van der Waals surface area contributed by atoms with Crippen molar-refractivity contribution in [2.75, 3.05) is 76.3 Å². The van der Waals surface area contributed by atoms with E-state index in [9.17, 15) is 9.90 Å². The Morgan fingerprint density at radius 3 is 2.33 bits per heavy atom. The average molecular weight is 451 g/mol. The SMILES string of the molecule is COc1cc(O)c2c(=O)cc(-c3ccc(N4CCN(C)CC4)cc3)oc2c1N1CCNCC1. The Labute approximate surface area is 193 Å². The molecule has 8 nitrogen and oxygen atoms in total. The minimum atomic E-state index is -0.272. The van der Waals surface area contributed by atoms with Crippen molar-refractivity contribution < 1.29 is 14.3 Å². The Bertz CT molecular complexity index is 1190. The first-order valence-electron chi connectivity index (χ1n) is 11.4. The van der Waals surface area contributed by atoms with Gasteiger partial charge in [0.05, 0.1) is 7.11 Å². The van der Waals surface area contributed by atoms with Gasteiger partial charge in [-0.25, -0.2) is 0 Å². The molecule has 2 aliphatic heterocycles. The van der Waals surface area contributed by atoms with Crippen molar-refractivity contribution in [2.45, 2.75) is 0 Å². The first kappa shape index (κ1) is 21.6. The Kier molecular flexibility index (Phi) is 5.86. The van der Waals surface area contributed by atoms with E-state index in [2.05, 4.69) is 39.2 Å². The highest BCUT2D eigenvalue weighted by atomic mass is 16.5. The molecule has 2 saturated heterocycles. The molecule has 0 radical (unpaired) electrons. The lowest BCUT2D eigenvalue weighted by molar-refractivity contribution is 0.313. The van der Waals surface area contributed by atoms with Crippen LogP contribution in [0.25, 0.3) is 22.3 Å². The topological polar surface area (TPSA) is 81.4 Å². The van der Waals surface area contributed by atoms with Gasteiger partial charge in [0.25, 0.3) is 0 Å². The monoisotopic (exact) mass is 450 g/mol. The Morgan fingerprint density at radius 2 is 1.67 bits per heavy atom. The van der Waals surface area contributed by atoms with Crippen molar-refractivity contribution in [1.29, 1.82) is 0 Å². The van der Waals surface area contributed by atoms with Gasteiger partial charge < -0.3 is 34.3 Å². The van der Waals surface area contributed by atoms with Gasteiger partial charge in [-0.05, 0) is 31.3 Å². The fourth-order valence-electron chi connectivity index (χ4n) is 4.67. The average Bonchev–Trinajstić information content (AvgIpc) is 2.84.